The number of hydrogen-bond donors (Lipinski definition) is 1. The van der Waals surface area contributed by atoms with Crippen molar-refractivity contribution in [2.75, 3.05) is 51.8 Å². The van der Waals surface area contributed by atoms with E-state index in [0.29, 0.717) is 50.0 Å². The van der Waals surface area contributed by atoms with E-state index in [1.807, 2.05) is 29.2 Å². The van der Waals surface area contributed by atoms with Gasteiger partial charge in [-0.2, -0.15) is 0 Å². The summed E-state index contributed by atoms with van der Waals surface area (Å²) < 4.78 is 16.6. The molecule has 2 amide bonds. The van der Waals surface area contributed by atoms with Gasteiger partial charge >= 0.3 is 0 Å². The van der Waals surface area contributed by atoms with Crippen LogP contribution in [0, 0.1) is 0 Å². The predicted octanol–water partition coefficient (Wildman–Crippen LogP) is 2.31. The molecular weight excluding hydrogens is 398 g/mol. The van der Waals surface area contributed by atoms with Crippen molar-refractivity contribution < 1.29 is 23.8 Å². The fourth-order valence-electron chi connectivity index (χ4n) is 4.09. The highest BCUT2D eigenvalue weighted by Gasteiger charge is 2.32. The summed E-state index contributed by atoms with van der Waals surface area (Å²) in [5.74, 6) is 1.95. The highest BCUT2D eigenvalue weighted by Crippen LogP contribution is 2.33. The third kappa shape index (κ3) is 4.74. The molecule has 0 spiro atoms. The standard InChI is InChI=1S/C23H27N3O5/c1-16(27)26-10-9-25(14-19(26)18-5-3-4-6-20(18)29-2)15-23(28)24-17-7-8-21-22(13-17)31-12-11-30-21/h3-8,13,19H,9-12,14-15H2,1-2H3,(H,24,28). The van der Waals surface area contributed by atoms with E-state index in [9.17, 15) is 9.59 Å². The molecule has 2 aromatic rings. The van der Waals surface area contributed by atoms with Crippen LogP contribution in [0.5, 0.6) is 17.2 Å². The van der Waals surface area contributed by atoms with Crippen LogP contribution in [0.1, 0.15) is 18.5 Å². The molecule has 0 aliphatic carbocycles. The molecule has 1 N–H and O–H groups in total. The molecule has 0 saturated carbocycles. The summed E-state index contributed by atoms with van der Waals surface area (Å²) in [4.78, 5) is 28.8. The van der Waals surface area contributed by atoms with Gasteiger partial charge in [0.15, 0.2) is 11.5 Å². The van der Waals surface area contributed by atoms with Gasteiger partial charge in [0.05, 0.1) is 19.7 Å². The second-order valence-corrected chi connectivity index (χ2v) is 7.61. The first-order chi connectivity index (χ1) is 15.0. The number of nitrogens with zero attached hydrogens (tertiary/aromatic N) is 2. The minimum atomic E-state index is -0.176. The number of methoxy groups -OCH3 is 1. The van der Waals surface area contributed by atoms with E-state index < -0.39 is 0 Å². The molecule has 31 heavy (non-hydrogen) atoms. The normalized spacial score (nSPS) is 18.4. The Morgan fingerprint density at radius 1 is 1.10 bits per heavy atom. The Kier molecular flexibility index (Phi) is 6.27. The second-order valence-electron chi connectivity index (χ2n) is 7.61. The van der Waals surface area contributed by atoms with Crippen LogP contribution in [-0.2, 0) is 9.59 Å². The third-order valence-corrected chi connectivity index (χ3v) is 5.56. The van der Waals surface area contributed by atoms with Gasteiger partial charge in [-0.05, 0) is 18.2 Å². The number of carbonyl (C=O) groups is 2. The van der Waals surface area contributed by atoms with Crippen molar-refractivity contribution in [3.8, 4) is 17.2 Å². The summed E-state index contributed by atoms with van der Waals surface area (Å²) in [7, 11) is 1.62. The van der Waals surface area contributed by atoms with Gasteiger partial charge in [0.1, 0.15) is 19.0 Å². The summed E-state index contributed by atoms with van der Waals surface area (Å²) in [6.07, 6.45) is 0. The number of benzene rings is 2. The van der Waals surface area contributed by atoms with Gasteiger partial charge in [-0.25, -0.2) is 0 Å². The lowest BCUT2D eigenvalue weighted by Gasteiger charge is -2.41. The summed E-state index contributed by atoms with van der Waals surface area (Å²) >= 11 is 0. The predicted molar refractivity (Wildman–Crippen MR) is 116 cm³/mol. The van der Waals surface area contributed by atoms with Crippen LogP contribution in [0.4, 0.5) is 5.69 Å². The first-order valence-corrected chi connectivity index (χ1v) is 10.4. The minimum Gasteiger partial charge on any atom is -0.496 e. The number of amides is 2. The Morgan fingerprint density at radius 2 is 1.87 bits per heavy atom. The lowest BCUT2D eigenvalue weighted by molar-refractivity contribution is -0.134. The van der Waals surface area contributed by atoms with Gasteiger partial charge in [0.2, 0.25) is 11.8 Å². The average molecular weight is 425 g/mol. The molecule has 4 rings (SSSR count). The summed E-state index contributed by atoms with van der Waals surface area (Å²) in [6, 6.07) is 12.9. The van der Waals surface area contributed by atoms with Gasteiger partial charge in [-0.3, -0.25) is 14.5 Å². The molecule has 2 aliphatic rings. The van der Waals surface area contributed by atoms with Crippen molar-refractivity contribution in [2.24, 2.45) is 0 Å². The Bertz CT molecular complexity index is 964. The van der Waals surface area contributed by atoms with Gasteiger partial charge in [-0.1, -0.05) is 18.2 Å². The van der Waals surface area contributed by atoms with Crippen molar-refractivity contribution in [2.45, 2.75) is 13.0 Å². The van der Waals surface area contributed by atoms with Gasteiger partial charge in [-0.15, -0.1) is 0 Å². The van der Waals surface area contributed by atoms with Crippen LogP contribution in [0.25, 0.3) is 0 Å². The summed E-state index contributed by atoms with van der Waals surface area (Å²) in [5, 5.41) is 2.93. The molecule has 1 unspecified atom stereocenters. The fraction of sp³-hybridized carbons (Fsp3) is 0.391. The number of ether oxygens (including phenoxy) is 3. The number of fused-ring (bicyclic) bond motifs is 1. The molecule has 0 radical (unpaired) electrons. The molecule has 0 aromatic heterocycles. The van der Waals surface area contributed by atoms with Gasteiger partial charge < -0.3 is 24.4 Å². The van der Waals surface area contributed by atoms with Crippen molar-refractivity contribution in [3.05, 3.63) is 48.0 Å². The number of piperazine rings is 1. The Hall–Kier alpha value is -3.26. The van der Waals surface area contributed by atoms with E-state index in [4.69, 9.17) is 14.2 Å². The van der Waals surface area contributed by atoms with Gasteiger partial charge in [0.25, 0.3) is 0 Å². The van der Waals surface area contributed by atoms with Crippen molar-refractivity contribution >= 4 is 17.5 Å². The first kappa shape index (κ1) is 21.0. The minimum absolute atomic E-state index is 0.0104. The molecule has 2 aliphatic heterocycles. The zero-order valence-electron chi connectivity index (χ0n) is 17.8. The zero-order chi connectivity index (χ0) is 21.8. The average Bonchev–Trinajstić information content (AvgIpc) is 2.78. The topological polar surface area (TPSA) is 80.3 Å². The van der Waals surface area contributed by atoms with Gasteiger partial charge in [0, 0.05) is 43.9 Å². The Morgan fingerprint density at radius 3 is 2.65 bits per heavy atom. The molecule has 2 heterocycles. The third-order valence-electron chi connectivity index (χ3n) is 5.56. The van der Waals surface area contributed by atoms with Crippen LogP contribution >= 0.6 is 0 Å². The fourth-order valence-corrected chi connectivity index (χ4v) is 4.09. The smallest absolute Gasteiger partial charge is 0.238 e. The molecular formula is C23H27N3O5. The highest BCUT2D eigenvalue weighted by atomic mass is 16.6. The SMILES string of the molecule is COc1ccccc1C1CN(CC(=O)Nc2ccc3c(c2)OCCO3)CCN1C(C)=O. The van der Waals surface area contributed by atoms with E-state index in [0.717, 1.165) is 11.3 Å². The molecule has 1 atom stereocenters. The van der Waals surface area contributed by atoms with Crippen LogP contribution in [0.15, 0.2) is 42.5 Å². The molecule has 8 nitrogen and oxygen atoms in total. The highest BCUT2D eigenvalue weighted by molar-refractivity contribution is 5.92. The quantitative estimate of drug-likeness (QED) is 0.792. The summed E-state index contributed by atoms with van der Waals surface area (Å²) in [6.45, 7) is 4.55. The monoisotopic (exact) mass is 425 g/mol. The largest absolute Gasteiger partial charge is 0.496 e. The van der Waals surface area contributed by atoms with E-state index >= 15 is 0 Å². The van der Waals surface area contributed by atoms with Crippen molar-refractivity contribution in [1.82, 2.24) is 9.80 Å². The van der Waals surface area contributed by atoms with Crippen molar-refractivity contribution in [1.29, 1.82) is 0 Å². The second kappa shape index (κ2) is 9.26. The van der Waals surface area contributed by atoms with Crippen LogP contribution in [0.2, 0.25) is 0 Å². The maximum atomic E-state index is 12.7. The lowest BCUT2D eigenvalue weighted by Crippen LogP contribution is -2.51. The molecule has 0 bridgehead atoms. The number of hydrogen-bond acceptors (Lipinski definition) is 6. The van der Waals surface area contributed by atoms with Crippen LogP contribution in [-0.4, -0.2) is 68.1 Å². The molecule has 1 fully saturated rings. The number of para-hydroxylation sites is 1. The Balaban J connectivity index is 1.44. The Labute approximate surface area is 181 Å². The maximum absolute atomic E-state index is 12.7. The number of carbonyl (C=O) groups excluding carboxylic acids is 2. The molecule has 164 valence electrons. The van der Waals surface area contributed by atoms with Crippen LogP contribution < -0.4 is 19.5 Å². The molecule has 1 saturated heterocycles. The van der Waals surface area contributed by atoms with E-state index in [1.54, 1.807) is 32.2 Å². The van der Waals surface area contributed by atoms with Crippen LogP contribution in [0.3, 0.4) is 0 Å². The number of anilines is 1. The van der Waals surface area contributed by atoms with E-state index in [-0.39, 0.29) is 24.4 Å². The number of nitrogens with one attached hydrogen (secondary N) is 1. The summed E-state index contributed by atoms with van der Waals surface area (Å²) in [5.41, 5.74) is 1.61. The van der Waals surface area contributed by atoms with Crippen molar-refractivity contribution in [3.63, 3.8) is 0 Å². The molecule has 8 heteroatoms. The molecule has 2 aromatic carbocycles. The maximum Gasteiger partial charge on any atom is 0.238 e. The lowest BCUT2D eigenvalue weighted by atomic mass is 10.0. The first-order valence-electron chi connectivity index (χ1n) is 10.4. The van der Waals surface area contributed by atoms with E-state index in [1.165, 1.54) is 0 Å². The number of rotatable bonds is 5. The van der Waals surface area contributed by atoms with E-state index in [2.05, 4.69) is 10.2 Å². The zero-order valence-corrected chi connectivity index (χ0v) is 17.8.